The van der Waals surface area contributed by atoms with Crippen LogP contribution in [-0.2, 0) is 13.6 Å². The van der Waals surface area contributed by atoms with E-state index in [1.54, 1.807) is 7.05 Å². The Morgan fingerprint density at radius 2 is 1.96 bits per heavy atom. The molecule has 0 aliphatic carbocycles. The Bertz CT molecular complexity index is 642. The number of nitrogens with zero attached hydrogens (tertiary/aromatic N) is 2. The van der Waals surface area contributed by atoms with Crippen molar-refractivity contribution in [2.24, 2.45) is 12.0 Å². The molecule has 7 heteroatoms. The lowest BCUT2D eigenvalue weighted by atomic mass is 10.3. The SMILES string of the molecule is CN=C(NCc1ccn(C)c1)NCC(C)Oc1ccc(Cl)cc1.I. The number of guanidine groups is 1. The Hall–Kier alpha value is -1.41. The maximum atomic E-state index is 5.86. The second kappa shape index (κ2) is 10.5. The number of benzene rings is 1. The smallest absolute Gasteiger partial charge is 0.191 e. The van der Waals surface area contributed by atoms with Gasteiger partial charge in [-0.1, -0.05) is 11.6 Å². The molecule has 0 bridgehead atoms. The van der Waals surface area contributed by atoms with Gasteiger partial charge in [-0.25, -0.2) is 0 Å². The first-order chi connectivity index (χ1) is 11.1. The van der Waals surface area contributed by atoms with E-state index in [9.17, 15) is 0 Å². The topological polar surface area (TPSA) is 50.6 Å². The van der Waals surface area contributed by atoms with Gasteiger partial charge in [0.1, 0.15) is 11.9 Å². The summed E-state index contributed by atoms with van der Waals surface area (Å²) in [7, 11) is 3.76. The van der Waals surface area contributed by atoms with E-state index in [1.165, 1.54) is 5.56 Å². The zero-order valence-corrected chi connectivity index (χ0v) is 17.2. The molecule has 0 fully saturated rings. The monoisotopic (exact) mass is 462 g/mol. The quantitative estimate of drug-likeness (QED) is 0.393. The lowest BCUT2D eigenvalue weighted by Crippen LogP contribution is -2.41. The fourth-order valence-corrected chi connectivity index (χ4v) is 2.23. The Balaban J connectivity index is 0.00000288. The number of nitrogens with one attached hydrogen (secondary N) is 2. The predicted molar refractivity (Wildman–Crippen MR) is 111 cm³/mol. The van der Waals surface area contributed by atoms with Crippen molar-refractivity contribution in [3.8, 4) is 5.75 Å². The maximum Gasteiger partial charge on any atom is 0.191 e. The van der Waals surface area contributed by atoms with Crippen molar-refractivity contribution in [2.75, 3.05) is 13.6 Å². The molecule has 2 aromatic rings. The molecule has 0 aliphatic heterocycles. The van der Waals surface area contributed by atoms with Crippen molar-refractivity contribution in [1.82, 2.24) is 15.2 Å². The molecule has 0 saturated carbocycles. The van der Waals surface area contributed by atoms with Gasteiger partial charge < -0.3 is 19.9 Å². The normalized spacial score (nSPS) is 12.2. The summed E-state index contributed by atoms with van der Waals surface area (Å²) in [6.07, 6.45) is 4.10. The van der Waals surface area contributed by atoms with Gasteiger partial charge in [-0.15, -0.1) is 24.0 Å². The molecule has 1 atom stereocenters. The molecule has 1 aromatic heterocycles. The minimum atomic E-state index is 0. The van der Waals surface area contributed by atoms with Gasteiger partial charge in [0.05, 0.1) is 6.54 Å². The Morgan fingerprint density at radius 1 is 1.25 bits per heavy atom. The van der Waals surface area contributed by atoms with Gasteiger partial charge in [0.15, 0.2) is 5.96 Å². The minimum absolute atomic E-state index is 0. The Labute approximate surface area is 165 Å². The lowest BCUT2D eigenvalue weighted by molar-refractivity contribution is 0.224. The van der Waals surface area contributed by atoms with Crippen LogP contribution in [0.3, 0.4) is 0 Å². The molecule has 2 rings (SSSR count). The first kappa shape index (κ1) is 20.6. The van der Waals surface area contributed by atoms with Crippen molar-refractivity contribution in [3.63, 3.8) is 0 Å². The van der Waals surface area contributed by atoms with Crippen LogP contribution in [0.15, 0.2) is 47.7 Å². The third-order valence-corrected chi connectivity index (χ3v) is 3.54. The Morgan fingerprint density at radius 3 is 2.54 bits per heavy atom. The third kappa shape index (κ3) is 7.00. The summed E-state index contributed by atoms with van der Waals surface area (Å²) in [4.78, 5) is 4.22. The molecule has 0 aliphatic rings. The number of aromatic nitrogens is 1. The summed E-state index contributed by atoms with van der Waals surface area (Å²) >= 11 is 5.86. The molecule has 1 unspecified atom stereocenters. The Kier molecular flexibility index (Phi) is 8.99. The highest BCUT2D eigenvalue weighted by Crippen LogP contribution is 2.16. The molecule has 24 heavy (non-hydrogen) atoms. The van der Waals surface area contributed by atoms with E-state index in [0.717, 1.165) is 18.3 Å². The standard InChI is InChI=1S/C17H23ClN4O.HI/c1-13(23-16-6-4-15(18)5-7-16)10-20-17(19-2)21-11-14-8-9-22(3)12-14;/h4-9,12-13H,10-11H2,1-3H3,(H2,19,20,21);1H. The minimum Gasteiger partial charge on any atom is -0.489 e. The number of aryl methyl sites for hydroxylation is 1. The highest BCUT2D eigenvalue weighted by Gasteiger charge is 2.06. The van der Waals surface area contributed by atoms with Gasteiger partial charge in [-0.3, -0.25) is 4.99 Å². The second-order valence-electron chi connectivity index (χ2n) is 5.37. The summed E-state index contributed by atoms with van der Waals surface area (Å²) in [5.74, 6) is 1.55. The van der Waals surface area contributed by atoms with Gasteiger partial charge >= 0.3 is 0 Å². The molecule has 1 heterocycles. The van der Waals surface area contributed by atoms with Crippen molar-refractivity contribution in [2.45, 2.75) is 19.6 Å². The van der Waals surface area contributed by atoms with E-state index in [2.05, 4.69) is 27.9 Å². The zero-order chi connectivity index (χ0) is 16.7. The van der Waals surface area contributed by atoms with Crippen LogP contribution in [0, 0.1) is 0 Å². The highest BCUT2D eigenvalue weighted by molar-refractivity contribution is 14.0. The molecule has 1 aromatic carbocycles. The first-order valence-corrected chi connectivity index (χ1v) is 7.92. The van der Waals surface area contributed by atoms with E-state index in [0.29, 0.717) is 11.6 Å². The number of rotatable bonds is 6. The van der Waals surface area contributed by atoms with Gasteiger partial charge in [0, 0.05) is 38.1 Å². The highest BCUT2D eigenvalue weighted by atomic mass is 127. The van der Waals surface area contributed by atoms with E-state index < -0.39 is 0 Å². The van der Waals surface area contributed by atoms with E-state index in [-0.39, 0.29) is 30.1 Å². The number of aliphatic imine (C=N–C) groups is 1. The van der Waals surface area contributed by atoms with Crippen LogP contribution < -0.4 is 15.4 Å². The van der Waals surface area contributed by atoms with Crippen LogP contribution in [0.5, 0.6) is 5.75 Å². The summed E-state index contributed by atoms with van der Waals surface area (Å²) in [6.45, 7) is 3.39. The molecular weight excluding hydrogens is 439 g/mol. The predicted octanol–water partition coefficient (Wildman–Crippen LogP) is 3.43. The van der Waals surface area contributed by atoms with Gasteiger partial charge in [-0.05, 0) is 42.8 Å². The fourth-order valence-electron chi connectivity index (χ4n) is 2.10. The summed E-state index contributed by atoms with van der Waals surface area (Å²) in [5, 5.41) is 7.24. The molecule has 132 valence electrons. The van der Waals surface area contributed by atoms with E-state index in [4.69, 9.17) is 16.3 Å². The van der Waals surface area contributed by atoms with E-state index in [1.807, 2.05) is 49.0 Å². The summed E-state index contributed by atoms with van der Waals surface area (Å²) in [6, 6.07) is 9.43. The van der Waals surface area contributed by atoms with Gasteiger partial charge in [0.2, 0.25) is 0 Å². The fraction of sp³-hybridized carbons (Fsp3) is 0.353. The van der Waals surface area contributed by atoms with Crippen LogP contribution in [0.2, 0.25) is 5.02 Å². The van der Waals surface area contributed by atoms with Gasteiger partial charge in [0.25, 0.3) is 0 Å². The third-order valence-electron chi connectivity index (χ3n) is 3.28. The van der Waals surface area contributed by atoms with Crippen LogP contribution in [0.25, 0.3) is 0 Å². The molecule has 2 N–H and O–H groups in total. The summed E-state index contributed by atoms with van der Waals surface area (Å²) < 4.78 is 7.85. The van der Waals surface area contributed by atoms with Crippen LogP contribution in [0.4, 0.5) is 0 Å². The number of hydrogen-bond acceptors (Lipinski definition) is 2. The van der Waals surface area contributed by atoms with Crippen LogP contribution in [-0.4, -0.2) is 30.2 Å². The van der Waals surface area contributed by atoms with Crippen molar-refractivity contribution < 1.29 is 4.74 Å². The zero-order valence-electron chi connectivity index (χ0n) is 14.1. The van der Waals surface area contributed by atoms with Crippen molar-refractivity contribution in [1.29, 1.82) is 0 Å². The van der Waals surface area contributed by atoms with Gasteiger partial charge in [-0.2, -0.15) is 0 Å². The first-order valence-electron chi connectivity index (χ1n) is 7.54. The lowest BCUT2D eigenvalue weighted by Gasteiger charge is -2.17. The van der Waals surface area contributed by atoms with Crippen molar-refractivity contribution in [3.05, 3.63) is 53.3 Å². The average Bonchev–Trinajstić information content (AvgIpc) is 2.95. The molecular formula is C17H24ClIN4O. The molecule has 0 spiro atoms. The number of hydrogen-bond donors (Lipinski definition) is 2. The maximum absolute atomic E-state index is 5.86. The second-order valence-corrected chi connectivity index (χ2v) is 5.81. The molecule has 0 saturated heterocycles. The van der Waals surface area contributed by atoms with Crippen molar-refractivity contribution >= 4 is 41.5 Å². The van der Waals surface area contributed by atoms with Crippen LogP contribution >= 0.6 is 35.6 Å². The largest absolute Gasteiger partial charge is 0.489 e. The molecule has 5 nitrogen and oxygen atoms in total. The average molecular weight is 463 g/mol. The number of ether oxygens (including phenoxy) is 1. The summed E-state index contributed by atoms with van der Waals surface area (Å²) in [5.41, 5.74) is 1.21. The van der Waals surface area contributed by atoms with Crippen LogP contribution in [0.1, 0.15) is 12.5 Å². The molecule has 0 radical (unpaired) electrons. The van der Waals surface area contributed by atoms with E-state index >= 15 is 0 Å². The number of halogens is 2. The molecule has 0 amide bonds.